The zero-order valence-corrected chi connectivity index (χ0v) is 22.5. The normalized spacial score (nSPS) is 17.7. The largest absolute Gasteiger partial charge is 0.507 e. The van der Waals surface area contributed by atoms with Crippen LogP contribution in [0.4, 0.5) is 5.69 Å². The van der Waals surface area contributed by atoms with Crippen molar-refractivity contribution in [2.45, 2.75) is 26.4 Å². The fraction of sp³-hybridized carbons (Fsp3) is 0.290. The molecule has 0 saturated carbocycles. The number of rotatable bonds is 8. The van der Waals surface area contributed by atoms with Crippen molar-refractivity contribution in [3.8, 4) is 17.2 Å². The average molecular weight is 529 g/mol. The quantitative estimate of drug-likeness (QED) is 0.246. The molecule has 5 rings (SSSR count). The van der Waals surface area contributed by atoms with Crippen LogP contribution < -0.4 is 19.1 Å². The first-order chi connectivity index (χ1) is 18.7. The summed E-state index contributed by atoms with van der Waals surface area (Å²) in [4.78, 5) is 30.3. The maximum atomic E-state index is 13.4. The summed E-state index contributed by atoms with van der Waals surface area (Å²) in [6.07, 6.45) is 0. The Balaban J connectivity index is 1.54. The van der Waals surface area contributed by atoms with E-state index in [2.05, 4.69) is 13.8 Å². The lowest BCUT2D eigenvalue weighted by Crippen LogP contribution is -2.29. The molecule has 1 unspecified atom stereocenters. The SMILES string of the molecule is CC(C)COc1ccc(/C(O)=C2\C(=O)C(=O)N(Cc3ccc4c(c3)OCO4)C2c2ccc(N(C)C)cc2)cc1. The number of ether oxygens (including phenoxy) is 3. The van der Waals surface area contributed by atoms with Crippen LogP contribution >= 0.6 is 0 Å². The van der Waals surface area contributed by atoms with Gasteiger partial charge in [0.25, 0.3) is 11.7 Å². The van der Waals surface area contributed by atoms with Gasteiger partial charge < -0.3 is 29.1 Å². The summed E-state index contributed by atoms with van der Waals surface area (Å²) in [6.45, 7) is 4.99. The topological polar surface area (TPSA) is 88.5 Å². The molecule has 3 aromatic carbocycles. The lowest BCUT2D eigenvalue weighted by atomic mass is 9.95. The lowest BCUT2D eigenvalue weighted by Gasteiger charge is -2.26. The Labute approximate surface area is 228 Å². The number of hydrogen-bond donors (Lipinski definition) is 1. The monoisotopic (exact) mass is 528 g/mol. The molecule has 0 radical (unpaired) electrons. The highest BCUT2D eigenvalue weighted by atomic mass is 16.7. The van der Waals surface area contributed by atoms with Gasteiger partial charge in [-0.2, -0.15) is 0 Å². The summed E-state index contributed by atoms with van der Waals surface area (Å²) in [5, 5.41) is 11.4. The lowest BCUT2D eigenvalue weighted by molar-refractivity contribution is -0.140. The van der Waals surface area contributed by atoms with Crippen LogP contribution in [0.15, 0.2) is 72.3 Å². The van der Waals surface area contributed by atoms with Crippen LogP contribution in [0.2, 0.25) is 0 Å². The first-order valence-corrected chi connectivity index (χ1v) is 12.9. The smallest absolute Gasteiger partial charge is 0.295 e. The maximum Gasteiger partial charge on any atom is 0.295 e. The number of Topliss-reactive ketones (excluding diaryl/α,β-unsaturated/α-hetero) is 1. The van der Waals surface area contributed by atoms with Crippen LogP contribution in [0.3, 0.4) is 0 Å². The second-order valence-electron chi connectivity index (χ2n) is 10.3. The van der Waals surface area contributed by atoms with Crippen LogP contribution in [-0.4, -0.2) is 49.2 Å². The van der Waals surface area contributed by atoms with E-state index in [4.69, 9.17) is 14.2 Å². The van der Waals surface area contributed by atoms with E-state index in [0.717, 1.165) is 16.8 Å². The van der Waals surface area contributed by atoms with Crippen LogP contribution in [0.25, 0.3) is 5.76 Å². The molecule has 8 nitrogen and oxygen atoms in total. The van der Waals surface area contributed by atoms with E-state index in [0.29, 0.717) is 35.3 Å². The summed E-state index contributed by atoms with van der Waals surface area (Å²) in [5.74, 6) is 0.645. The van der Waals surface area contributed by atoms with Crippen molar-refractivity contribution in [1.82, 2.24) is 4.90 Å². The summed E-state index contributed by atoms with van der Waals surface area (Å²) in [7, 11) is 3.88. The average Bonchev–Trinajstić information content (AvgIpc) is 3.50. The Morgan fingerprint density at radius 2 is 1.69 bits per heavy atom. The minimum Gasteiger partial charge on any atom is -0.507 e. The van der Waals surface area contributed by atoms with Gasteiger partial charge in [0.15, 0.2) is 11.5 Å². The Bertz CT molecular complexity index is 1410. The van der Waals surface area contributed by atoms with E-state index >= 15 is 0 Å². The van der Waals surface area contributed by atoms with E-state index in [1.807, 2.05) is 55.4 Å². The van der Waals surface area contributed by atoms with Crippen molar-refractivity contribution < 1.29 is 28.9 Å². The number of aliphatic hydroxyl groups is 1. The van der Waals surface area contributed by atoms with Gasteiger partial charge in [-0.3, -0.25) is 9.59 Å². The number of nitrogens with zero attached hydrogens (tertiary/aromatic N) is 2. The number of carbonyl (C=O) groups excluding carboxylic acids is 2. The second-order valence-corrected chi connectivity index (χ2v) is 10.3. The van der Waals surface area contributed by atoms with E-state index in [1.54, 1.807) is 30.3 Å². The summed E-state index contributed by atoms with van der Waals surface area (Å²) >= 11 is 0. The van der Waals surface area contributed by atoms with Crippen LogP contribution in [0.5, 0.6) is 17.2 Å². The summed E-state index contributed by atoms with van der Waals surface area (Å²) < 4.78 is 16.7. The fourth-order valence-electron chi connectivity index (χ4n) is 4.71. The molecular formula is C31H32N2O6. The first kappa shape index (κ1) is 26.2. The summed E-state index contributed by atoms with van der Waals surface area (Å²) in [6, 6.07) is 19.2. The molecular weight excluding hydrogens is 496 g/mol. The molecule has 2 aliphatic heterocycles. The van der Waals surface area contributed by atoms with Gasteiger partial charge in [-0.25, -0.2) is 0 Å². The van der Waals surface area contributed by atoms with Gasteiger partial charge in [-0.15, -0.1) is 0 Å². The van der Waals surface area contributed by atoms with Crippen molar-refractivity contribution in [3.63, 3.8) is 0 Å². The third-order valence-corrected chi connectivity index (χ3v) is 6.77. The molecule has 0 aliphatic carbocycles. The van der Waals surface area contributed by atoms with Crippen molar-refractivity contribution in [1.29, 1.82) is 0 Å². The van der Waals surface area contributed by atoms with Gasteiger partial charge in [0.05, 0.1) is 18.2 Å². The number of carbonyl (C=O) groups is 2. The number of benzene rings is 3. The molecule has 2 heterocycles. The molecule has 0 aromatic heterocycles. The highest BCUT2D eigenvalue weighted by molar-refractivity contribution is 6.46. The predicted octanol–water partition coefficient (Wildman–Crippen LogP) is 5.14. The highest BCUT2D eigenvalue weighted by Gasteiger charge is 2.46. The molecule has 0 bridgehead atoms. The Kier molecular flexibility index (Phi) is 7.19. The number of aliphatic hydroxyl groups excluding tert-OH is 1. The Morgan fingerprint density at radius 1 is 1.00 bits per heavy atom. The van der Waals surface area contributed by atoms with Gasteiger partial charge in [0, 0.05) is 31.9 Å². The molecule has 202 valence electrons. The maximum absolute atomic E-state index is 13.4. The van der Waals surface area contributed by atoms with E-state index in [-0.39, 0.29) is 24.7 Å². The molecule has 1 fully saturated rings. The van der Waals surface area contributed by atoms with E-state index in [1.165, 1.54) is 4.90 Å². The third kappa shape index (κ3) is 5.27. The number of ketones is 1. The Hall–Kier alpha value is -4.46. The minimum absolute atomic E-state index is 0.0502. The van der Waals surface area contributed by atoms with Gasteiger partial charge in [-0.05, 0) is 65.6 Å². The number of anilines is 1. The number of fused-ring (bicyclic) bond motifs is 1. The van der Waals surface area contributed by atoms with Crippen molar-refractivity contribution in [2.75, 3.05) is 32.4 Å². The van der Waals surface area contributed by atoms with Crippen molar-refractivity contribution >= 4 is 23.1 Å². The highest BCUT2D eigenvalue weighted by Crippen LogP contribution is 2.42. The predicted molar refractivity (Wildman–Crippen MR) is 148 cm³/mol. The van der Waals surface area contributed by atoms with Gasteiger partial charge in [0.2, 0.25) is 6.79 Å². The molecule has 3 aromatic rings. The molecule has 2 aliphatic rings. The number of amides is 1. The molecule has 1 amide bonds. The van der Waals surface area contributed by atoms with Gasteiger partial charge in [0.1, 0.15) is 11.5 Å². The van der Waals surface area contributed by atoms with Crippen molar-refractivity contribution in [3.05, 3.63) is 89.0 Å². The number of hydrogen-bond acceptors (Lipinski definition) is 7. The van der Waals surface area contributed by atoms with Gasteiger partial charge >= 0.3 is 0 Å². The second kappa shape index (κ2) is 10.7. The van der Waals surface area contributed by atoms with Crippen molar-refractivity contribution in [2.24, 2.45) is 5.92 Å². The zero-order valence-electron chi connectivity index (χ0n) is 22.5. The molecule has 1 N–H and O–H groups in total. The number of likely N-dealkylation sites (tertiary alicyclic amines) is 1. The molecule has 39 heavy (non-hydrogen) atoms. The standard InChI is InChI=1S/C31H32N2O6/c1-19(2)17-37-24-12-8-22(9-13-24)29(34)27-28(21-6-10-23(11-7-21)32(3)4)33(31(36)30(27)35)16-20-5-14-25-26(15-20)39-18-38-25/h5-15,19,28,34H,16-18H2,1-4H3/b29-27+. The molecule has 1 saturated heterocycles. The zero-order chi connectivity index (χ0) is 27.7. The van der Waals surface area contributed by atoms with Crippen LogP contribution in [0.1, 0.15) is 36.6 Å². The first-order valence-electron chi connectivity index (χ1n) is 12.9. The third-order valence-electron chi connectivity index (χ3n) is 6.77. The van der Waals surface area contributed by atoms with Gasteiger partial charge in [-0.1, -0.05) is 32.0 Å². The van der Waals surface area contributed by atoms with Crippen LogP contribution in [0, 0.1) is 5.92 Å². The molecule has 1 atom stereocenters. The fourth-order valence-corrected chi connectivity index (χ4v) is 4.71. The summed E-state index contributed by atoms with van der Waals surface area (Å²) in [5.41, 5.74) is 2.96. The molecule has 0 spiro atoms. The van der Waals surface area contributed by atoms with E-state index < -0.39 is 17.7 Å². The minimum atomic E-state index is -0.775. The Morgan fingerprint density at radius 3 is 2.36 bits per heavy atom. The molecule has 8 heteroatoms. The van der Waals surface area contributed by atoms with Crippen LogP contribution in [-0.2, 0) is 16.1 Å². The van der Waals surface area contributed by atoms with E-state index in [9.17, 15) is 14.7 Å².